The molecule has 24 heavy (non-hydrogen) atoms. The van der Waals surface area contributed by atoms with Gasteiger partial charge in [0.15, 0.2) is 6.29 Å². The molecule has 0 N–H and O–H groups in total. The standard InChI is InChI=1S/C14H23O3Si.C5H5.Fe/c1-15-10-11-8-9-16-14(17-11)12-6-5-7-13(12)18(2,3)4;1-2-4-5-3-1;/h5-7,11,14H,8-10H2,1-4H3;1-5H;/q;;+2/t11-,14-;;/m0../s1. The molecule has 1 saturated heterocycles. The van der Waals surface area contributed by atoms with Gasteiger partial charge >= 0.3 is 17.1 Å². The molecule has 0 spiro atoms. The van der Waals surface area contributed by atoms with Gasteiger partial charge in [0, 0.05) is 13.0 Å². The van der Waals surface area contributed by atoms with Gasteiger partial charge in [0.05, 0.1) is 27.4 Å². The number of rotatable bonds is 4. The molecule has 0 amide bonds. The third kappa shape index (κ3) is 7.09. The molecule has 1 heterocycles. The van der Waals surface area contributed by atoms with Crippen LogP contribution in [-0.4, -0.2) is 40.8 Å². The number of hydrogen-bond acceptors (Lipinski definition) is 3. The maximum absolute atomic E-state index is 5.98. The topological polar surface area (TPSA) is 27.7 Å². The fourth-order valence-corrected chi connectivity index (χ4v) is 4.37. The maximum atomic E-state index is 5.98. The van der Waals surface area contributed by atoms with Crippen LogP contribution in [0.2, 0.25) is 19.6 Å². The summed E-state index contributed by atoms with van der Waals surface area (Å²) in [6, 6.07) is 0. The predicted molar refractivity (Wildman–Crippen MR) is 95.3 cm³/mol. The quantitative estimate of drug-likeness (QED) is 0.691. The van der Waals surface area contributed by atoms with Crippen molar-refractivity contribution in [3.8, 4) is 0 Å². The normalized spacial score (nSPS) is 29.0. The largest absolute Gasteiger partial charge is 2.00 e. The molecule has 3 aliphatic rings. The summed E-state index contributed by atoms with van der Waals surface area (Å²) in [5, 5.41) is 0. The zero-order chi connectivity index (χ0) is 16.7. The summed E-state index contributed by atoms with van der Waals surface area (Å²) in [5.74, 6) is 1.22. The summed E-state index contributed by atoms with van der Waals surface area (Å²) < 4.78 is 16.9. The summed E-state index contributed by atoms with van der Waals surface area (Å²) in [6.45, 7) is 8.43. The van der Waals surface area contributed by atoms with Crippen molar-refractivity contribution >= 4 is 8.07 Å². The van der Waals surface area contributed by atoms with Gasteiger partial charge in [-0.1, -0.05) is 19.6 Å². The Morgan fingerprint density at radius 2 is 1.67 bits per heavy atom. The van der Waals surface area contributed by atoms with Crippen LogP contribution in [0.3, 0.4) is 0 Å². The molecule has 0 aromatic carbocycles. The van der Waals surface area contributed by atoms with Crippen molar-refractivity contribution in [1.82, 2.24) is 0 Å². The smallest absolute Gasteiger partial charge is 0.382 e. The molecule has 3 rings (SSSR count). The Labute approximate surface area is 161 Å². The molecule has 0 aromatic heterocycles. The van der Waals surface area contributed by atoms with Crippen LogP contribution in [0.4, 0.5) is 0 Å². The summed E-state index contributed by atoms with van der Waals surface area (Å²) in [5.41, 5.74) is 1.44. The molecular weight excluding hydrogens is 360 g/mol. The van der Waals surface area contributed by atoms with Crippen molar-refractivity contribution in [2.45, 2.75) is 38.5 Å². The molecule has 2 atom stereocenters. The van der Waals surface area contributed by atoms with E-state index in [1.54, 1.807) is 7.11 Å². The van der Waals surface area contributed by atoms with Gasteiger partial charge in [-0.25, -0.2) is 0 Å². The molecule has 3 nitrogen and oxygen atoms in total. The van der Waals surface area contributed by atoms with E-state index in [2.05, 4.69) is 38.9 Å². The van der Waals surface area contributed by atoms with E-state index in [4.69, 9.17) is 14.2 Å². The van der Waals surface area contributed by atoms with E-state index in [9.17, 15) is 0 Å². The van der Waals surface area contributed by atoms with Gasteiger partial charge < -0.3 is 14.2 Å². The summed E-state index contributed by atoms with van der Waals surface area (Å²) >= 11 is 0. The molecule has 132 valence electrons. The maximum Gasteiger partial charge on any atom is 2.00 e. The Morgan fingerprint density at radius 1 is 1.04 bits per heavy atom. The molecular formula is C19H28FeO3Si+2. The first kappa shape index (κ1) is 22.7. The van der Waals surface area contributed by atoms with Crippen LogP contribution in [0.25, 0.3) is 0 Å². The summed E-state index contributed by atoms with van der Waals surface area (Å²) in [7, 11) is 0.371. The first-order valence-electron chi connectivity index (χ1n) is 8.21. The molecule has 1 aliphatic heterocycles. The minimum Gasteiger partial charge on any atom is -0.382 e. The summed E-state index contributed by atoms with van der Waals surface area (Å²) in [4.78, 5) is 0. The first-order chi connectivity index (χ1) is 11.0. The fraction of sp³-hybridized carbons (Fsp3) is 0.474. The van der Waals surface area contributed by atoms with Crippen LogP contribution < -0.4 is 0 Å². The van der Waals surface area contributed by atoms with Crippen LogP contribution in [-0.2, 0) is 31.3 Å². The number of hydrogen-bond donors (Lipinski definition) is 0. The second-order valence-electron chi connectivity index (χ2n) is 6.81. The average Bonchev–Trinajstić information content (AvgIpc) is 3.22. The van der Waals surface area contributed by atoms with E-state index in [0.717, 1.165) is 13.0 Å². The van der Waals surface area contributed by atoms with Crippen molar-refractivity contribution in [3.05, 3.63) is 62.8 Å². The van der Waals surface area contributed by atoms with E-state index in [1.165, 1.54) is 11.5 Å². The second-order valence-corrected chi connectivity index (χ2v) is 11.9. The van der Waals surface area contributed by atoms with Gasteiger partial charge in [-0.3, -0.25) is 0 Å². The number of ether oxygens (including phenoxy) is 3. The Hall–Kier alpha value is 0.616. The van der Waals surface area contributed by atoms with E-state index in [1.807, 2.05) is 32.1 Å². The molecule has 0 unspecified atom stereocenters. The van der Waals surface area contributed by atoms with Gasteiger partial charge in [-0.2, -0.15) is 0 Å². The minimum absolute atomic E-state index is 0. The molecule has 3 fully saturated rings. The Morgan fingerprint density at radius 3 is 2.21 bits per heavy atom. The van der Waals surface area contributed by atoms with Gasteiger partial charge in [-0.15, -0.1) is 0 Å². The van der Waals surface area contributed by atoms with E-state index >= 15 is 0 Å². The predicted octanol–water partition coefficient (Wildman–Crippen LogP) is 3.44. The van der Waals surface area contributed by atoms with E-state index < -0.39 is 8.07 Å². The third-order valence-electron chi connectivity index (χ3n) is 3.84. The van der Waals surface area contributed by atoms with Crippen LogP contribution in [0.15, 0.2) is 0 Å². The van der Waals surface area contributed by atoms with Crippen LogP contribution >= 0.6 is 0 Å². The van der Waals surface area contributed by atoms with Gasteiger partial charge in [0.25, 0.3) is 0 Å². The van der Waals surface area contributed by atoms with Crippen LogP contribution in [0.1, 0.15) is 6.42 Å². The van der Waals surface area contributed by atoms with Gasteiger partial charge in [-0.05, 0) is 63.3 Å². The third-order valence-corrected chi connectivity index (χ3v) is 5.92. The Balaban J connectivity index is 0.000000412. The van der Waals surface area contributed by atoms with Crippen molar-refractivity contribution < 1.29 is 31.3 Å². The van der Waals surface area contributed by atoms with Crippen molar-refractivity contribution in [2.24, 2.45) is 0 Å². The molecule has 10 radical (unpaired) electrons. The zero-order valence-corrected chi connectivity index (χ0v) is 17.1. The van der Waals surface area contributed by atoms with Crippen molar-refractivity contribution in [1.29, 1.82) is 0 Å². The van der Waals surface area contributed by atoms with Gasteiger partial charge in [0.1, 0.15) is 0 Å². The monoisotopic (exact) mass is 388 g/mol. The molecule has 2 aliphatic carbocycles. The molecule has 0 bridgehead atoms. The molecule has 5 heteroatoms. The van der Waals surface area contributed by atoms with E-state index in [0.29, 0.717) is 6.61 Å². The number of methoxy groups -OCH3 is 1. The Bertz CT molecular complexity index is 321. The van der Waals surface area contributed by atoms with Crippen molar-refractivity contribution in [2.75, 3.05) is 20.3 Å². The van der Waals surface area contributed by atoms with Crippen LogP contribution in [0.5, 0.6) is 0 Å². The molecule has 0 aromatic rings. The summed E-state index contributed by atoms with van der Waals surface area (Å²) in [6.07, 6.45) is 17.3. The molecule has 2 saturated carbocycles. The SMILES string of the molecule is COC[C@@H]1CCO[C@H]([C]2[CH][CH][CH][C]2[Si](C)(C)C)O1.[CH]1[CH][CH][CH][CH]1.[Fe+2]. The van der Waals surface area contributed by atoms with E-state index in [-0.39, 0.29) is 29.5 Å². The van der Waals surface area contributed by atoms with Gasteiger partial charge in [0.2, 0.25) is 0 Å². The first-order valence-corrected chi connectivity index (χ1v) is 11.7. The van der Waals surface area contributed by atoms with Crippen LogP contribution in [0, 0.1) is 62.8 Å². The zero-order valence-electron chi connectivity index (χ0n) is 15.0. The fourth-order valence-electron chi connectivity index (χ4n) is 2.70. The average molecular weight is 388 g/mol. The second kappa shape index (κ2) is 11.4. The Kier molecular flexibility index (Phi) is 10.7. The minimum atomic E-state index is -1.34. The van der Waals surface area contributed by atoms with Crippen molar-refractivity contribution in [3.63, 3.8) is 0 Å².